The van der Waals surface area contributed by atoms with Gasteiger partial charge in [0.2, 0.25) is 4.77 Å². The van der Waals surface area contributed by atoms with E-state index in [1.165, 1.54) is 16.7 Å². The number of rotatable bonds is 3. The molecule has 0 saturated heterocycles. The highest BCUT2D eigenvalue weighted by Gasteiger charge is 2.09. The third kappa shape index (κ3) is 3.32. The molecule has 1 N–H and O–H groups in total. The maximum absolute atomic E-state index is 6.07. The zero-order valence-corrected chi connectivity index (χ0v) is 15.2. The van der Waals surface area contributed by atoms with Crippen molar-refractivity contribution >= 4 is 30.0 Å². The second-order valence-corrected chi connectivity index (χ2v) is 6.55. The van der Waals surface area contributed by atoms with Crippen LogP contribution < -0.4 is 0 Å². The van der Waals surface area contributed by atoms with Crippen LogP contribution in [0.3, 0.4) is 0 Å². The molecule has 2 aromatic carbocycles. The van der Waals surface area contributed by atoms with Gasteiger partial charge in [0.05, 0.1) is 6.21 Å². The number of nitrogens with one attached hydrogen (secondary N) is 1. The standard InChI is InChI=1S/C18H17ClN4S/c1-11-7-12(2)16(13(3)8-11)10-20-23-17(21-22-18(23)24)14-5-4-6-15(19)9-14/h4-10H,1-3H3,(H,22,24). The summed E-state index contributed by atoms with van der Waals surface area (Å²) >= 11 is 11.4. The van der Waals surface area contributed by atoms with Crippen molar-refractivity contribution in [2.75, 3.05) is 0 Å². The van der Waals surface area contributed by atoms with Crippen LogP contribution >= 0.6 is 23.8 Å². The maximum atomic E-state index is 6.07. The van der Waals surface area contributed by atoms with Crippen molar-refractivity contribution in [3.05, 3.63) is 68.4 Å². The Morgan fingerprint density at radius 3 is 2.54 bits per heavy atom. The average Bonchev–Trinajstić information content (AvgIpc) is 2.87. The second kappa shape index (κ2) is 6.71. The number of hydrogen-bond acceptors (Lipinski definition) is 3. The first-order valence-corrected chi connectivity index (χ1v) is 8.30. The van der Waals surface area contributed by atoms with E-state index in [0.29, 0.717) is 15.6 Å². The number of halogens is 1. The molecule has 0 bridgehead atoms. The molecule has 0 aliphatic heterocycles. The quantitative estimate of drug-likeness (QED) is 0.526. The SMILES string of the molecule is Cc1cc(C)c(C=Nn2c(-c3cccc(Cl)c3)n[nH]c2=S)c(C)c1. The summed E-state index contributed by atoms with van der Waals surface area (Å²) in [5.74, 6) is 0.626. The molecule has 3 aromatic rings. The number of aromatic nitrogens is 3. The Balaban J connectivity index is 2.06. The lowest BCUT2D eigenvalue weighted by Gasteiger charge is -2.07. The highest BCUT2D eigenvalue weighted by atomic mass is 35.5. The van der Waals surface area contributed by atoms with Gasteiger partial charge in [-0.25, -0.2) is 5.10 Å². The fourth-order valence-electron chi connectivity index (χ4n) is 2.72. The molecule has 0 unspecified atom stereocenters. The lowest BCUT2D eigenvalue weighted by Crippen LogP contribution is -1.98. The first kappa shape index (κ1) is 16.6. The zero-order valence-electron chi connectivity index (χ0n) is 13.7. The lowest BCUT2D eigenvalue weighted by atomic mass is 10.0. The molecule has 6 heteroatoms. The molecule has 3 rings (SSSR count). The van der Waals surface area contributed by atoms with E-state index in [-0.39, 0.29) is 0 Å². The average molecular weight is 357 g/mol. The Bertz CT molecular complexity index is 962. The molecule has 0 amide bonds. The summed E-state index contributed by atoms with van der Waals surface area (Å²) in [6.45, 7) is 6.24. The van der Waals surface area contributed by atoms with Gasteiger partial charge in [0.25, 0.3) is 0 Å². The second-order valence-electron chi connectivity index (χ2n) is 5.73. The van der Waals surface area contributed by atoms with Crippen LogP contribution in [0.15, 0.2) is 41.5 Å². The summed E-state index contributed by atoms with van der Waals surface area (Å²) in [5, 5.41) is 12.2. The van der Waals surface area contributed by atoms with Crippen molar-refractivity contribution in [3.8, 4) is 11.4 Å². The summed E-state index contributed by atoms with van der Waals surface area (Å²) in [6, 6.07) is 11.7. The summed E-state index contributed by atoms with van der Waals surface area (Å²) in [7, 11) is 0. The summed E-state index contributed by atoms with van der Waals surface area (Å²) in [4.78, 5) is 0. The molecule has 0 spiro atoms. The molecule has 0 radical (unpaired) electrons. The first-order chi connectivity index (χ1) is 11.5. The lowest BCUT2D eigenvalue weighted by molar-refractivity contribution is 0.871. The van der Waals surface area contributed by atoms with E-state index in [0.717, 1.165) is 11.1 Å². The smallest absolute Gasteiger partial charge is 0.216 e. The molecule has 1 aromatic heterocycles. The molecule has 0 saturated carbocycles. The number of hydrogen-bond donors (Lipinski definition) is 1. The van der Waals surface area contributed by atoms with Gasteiger partial charge in [0, 0.05) is 16.1 Å². The van der Waals surface area contributed by atoms with Gasteiger partial charge in [-0.1, -0.05) is 41.4 Å². The molecule has 0 atom stereocenters. The minimum atomic E-state index is 0.434. The Labute approximate surface area is 150 Å². The molecule has 0 fully saturated rings. The van der Waals surface area contributed by atoms with Gasteiger partial charge in [-0.05, 0) is 56.2 Å². The monoisotopic (exact) mass is 356 g/mol. The Morgan fingerprint density at radius 2 is 1.88 bits per heavy atom. The predicted octanol–water partition coefficient (Wildman–Crippen LogP) is 5.07. The van der Waals surface area contributed by atoms with Crippen LogP contribution in [-0.2, 0) is 0 Å². The van der Waals surface area contributed by atoms with Gasteiger partial charge in [-0.3, -0.25) is 0 Å². The topological polar surface area (TPSA) is 46.0 Å². The van der Waals surface area contributed by atoms with Crippen molar-refractivity contribution in [1.29, 1.82) is 0 Å². The fraction of sp³-hybridized carbons (Fsp3) is 0.167. The molecular formula is C18H17ClN4S. The Hall–Kier alpha value is -2.24. The number of benzene rings is 2. The van der Waals surface area contributed by atoms with Crippen LogP contribution in [0.2, 0.25) is 5.02 Å². The Morgan fingerprint density at radius 1 is 1.17 bits per heavy atom. The van der Waals surface area contributed by atoms with E-state index in [2.05, 4.69) is 48.2 Å². The molecule has 24 heavy (non-hydrogen) atoms. The normalized spacial score (nSPS) is 11.3. The number of aryl methyl sites for hydroxylation is 3. The van der Waals surface area contributed by atoms with Crippen molar-refractivity contribution in [2.45, 2.75) is 20.8 Å². The van der Waals surface area contributed by atoms with Gasteiger partial charge in [-0.15, -0.1) is 0 Å². The summed E-state index contributed by atoms with van der Waals surface area (Å²) in [6.07, 6.45) is 1.82. The van der Waals surface area contributed by atoms with E-state index in [1.807, 2.05) is 30.5 Å². The van der Waals surface area contributed by atoms with Crippen LogP contribution in [0.25, 0.3) is 11.4 Å². The minimum absolute atomic E-state index is 0.434. The van der Waals surface area contributed by atoms with Crippen molar-refractivity contribution in [3.63, 3.8) is 0 Å². The third-order valence-electron chi connectivity index (χ3n) is 3.77. The summed E-state index contributed by atoms with van der Waals surface area (Å²) < 4.78 is 2.04. The van der Waals surface area contributed by atoms with Crippen molar-refractivity contribution in [2.24, 2.45) is 5.10 Å². The van der Waals surface area contributed by atoms with Gasteiger partial charge in [-0.2, -0.15) is 14.9 Å². The van der Waals surface area contributed by atoms with E-state index in [1.54, 1.807) is 4.68 Å². The number of H-pyrrole nitrogens is 1. The van der Waals surface area contributed by atoms with E-state index in [9.17, 15) is 0 Å². The van der Waals surface area contributed by atoms with E-state index in [4.69, 9.17) is 23.8 Å². The minimum Gasteiger partial charge on any atom is -0.250 e. The van der Waals surface area contributed by atoms with Crippen molar-refractivity contribution < 1.29 is 0 Å². The highest BCUT2D eigenvalue weighted by molar-refractivity contribution is 7.71. The molecule has 1 heterocycles. The van der Waals surface area contributed by atoms with E-state index < -0.39 is 0 Å². The summed E-state index contributed by atoms with van der Waals surface area (Å²) in [5.41, 5.74) is 5.53. The van der Waals surface area contributed by atoms with Crippen LogP contribution in [0.1, 0.15) is 22.3 Å². The molecule has 0 aliphatic rings. The molecule has 4 nitrogen and oxygen atoms in total. The number of aromatic amines is 1. The molecule has 122 valence electrons. The van der Waals surface area contributed by atoms with E-state index >= 15 is 0 Å². The first-order valence-electron chi connectivity index (χ1n) is 7.51. The zero-order chi connectivity index (χ0) is 17.3. The molecular weight excluding hydrogens is 340 g/mol. The van der Waals surface area contributed by atoms with Crippen LogP contribution in [0.5, 0.6) is 0 Å². The van der Waals surface area contributed by atoms with Gasteiger partial charge in [0.1, 0.15) is 0 Å². The van der Waals surface area contributed by atoms with Gasteiger partial charge < -0.3 is 0 Å². The largest absolute Gasteiger partial charge is 0.250 e. The predicted molar refractivity (Wildman–Crippen MR) is 102 cm³/mol. The number of nitrogens with zero attached hydrogens (tertiary/aromatic N) is 3. The van der Waals surface area contributed by atoms with Crippen LogP contribution in [-0.4, -0.2) is 21.1 Å². The van der Waals surface area contributed by atoms with Crippen molar-refractivity contribution in [1.82, 2.24) is 14.9 Å². The third-order valence-corrected chi connectivity index (χ3v) is 4.27. The van der Waals surface area contributed by atoms with Gasteiger partial charge >= 0.3 is 0 Å². The molecule has 0 aliphatic carbocycles. The maximum Gasteiger partial charge on any atom is 0.216 e. The highest BCUT2D eigenvalue weighted by Crippen LogP contribution is 2.21. The fourth-order valence-corrected chi connectivity index (χ4v) is 3.09. The Kier molecular flexibility index (Phi) is 4.64. The van der Waals surface area contributed by atoms with Gasteiger partial charge in [0.15, 0.2) is 5.82 Å². The van der Waals surface area contributed by atoms with Crippen LogP contribution in [0.4, 0.5) is 0 Å². The van der Waals surface area contributed by atoms with Crippen LogP contribution in [0, 0.1) is 25.5 Å².